The SMILES string of the molecule is COc1cc(C/C=C\C(=O)c2ccc(OC)c([N+](=O)[O-])c2)c(/C=C\c2cc(OC)c(OC)c(OC)c2)cc1F. The Morgan fingerprint density at radius 1 is 0.846 bits per heavy atom. The summed E-state index contributed by atoms with van der Waals surface area (Å²) in [7, 11) is 7.22. The van der Waals surface area contributed by atoms with Crippen molar-refractivity contribution in [2.75, 3.05) is 35.5 Å². The maximum atomic E-state index is 14.6. The summed E-state index contributed by atoms with van der Waals surface area (Å²) in [6.45, 7) is 0. The molecule has 0 atom stereocenters. The highest BCUT2D eigenvalue weighted by molar-refractivity contribution is 6.05. The van der Waals surface area contributed by atoms with Crippen LogP contribution in [0.2, 0.25) is 0 Å². The number of hydrogen-bond acceptors (Lipinski definition) is 8. The molecule has 0 fully saturated rings. The molecule has 0 unspecified atom stereocenters. The summed E-state index contributed by atoms with van der Waals surface area (Å²) in [5.74, 6) is 0.532. The van der Waals surface area contributed by atoms with Crippen LogP contribution in [0.5, 0.6) is 28.7 Å². The van der Waals surface area contributed by atoms with Gasteiger partial charge in [-0.25, -0.2) is 4.39 Å². The minimum Gasteiger partial charge on any atom is -0.494 e. The second-order valence-electron chi connectivity index (χ2n) is 8.09. The van der Waals surface area contributed by atoms with Gasteiger partial charge in [-0.3, -0.25) is 14.9 Å². The van der Waals surface area contributed by atoms with Crippen LogP contribution < -0.4 is 23.7 Å². The zero-order valence-electron chi connectivity index (χ0n) is 22.1. The molecule has 0 amide bonds. The second-order valence-corrected chi connectivity index (χ2v) is 8.09. The fourth-order valence-corrected chi connectivity index (χ4v) is 3.86. The summed E-state index contributed by atoms with van der Waals surface area (Å²) in [4.78, 5) is 23.3. The fraction of sp³-hybridized carbons (Fsp3) is 0.207. The molecular formula is C29H28FNO8. The van der Waals surface area contributed by atoms with Gasteiger partial charge in [0.15, 0.2) is 34.6 Å². The van der Waals surface area contributed by atoms with E-state index in [0.717, 1.165) is 11.6 Å². The van der Waals surface area contributed by atoms with Crippen molar-refractivity contribution in [1.29, 1.82) is 0 Å². The number of benzene rings is 3. The van der Waals surface area contributed by atoms with Crippen molar-refractivity contribution in [3.8, 4) is 28.7 Å². The van der Waals surface area contributed by atoms with Crippen molar-refractivity contribution < 1.29 is 37.8 Å². The number of ether oxygens (including phenoxy) is 5. The summed E-state index contributed by atoms with van der Waals surface area (Å²) in [6, 6.07) is 10.4. The van der Waals surface area contributed by atoms with Crippen LogP contribution in [-0.4, -0.2) is 46.3 Å². The molecule has 0 spiro atoms. The van der Waals surface area contributed by atoms with E-state index >= 15 is 0 Å². The van der Waals surface area contributed by atoms with Crippen LogP contribution in [0.4, 0.5) is 10.1 Å². The lowest BCUT2D eigenvalue weighted by atomic mass is 10.0. The highest BCUT2D eigenvalue weighted by Gasteiger charge is 2.17. The maximum Gasteiger partial charge on any atom is 0.311 e. The Labute approximate surface area is 225 Å². The molecule has 0 radical (unpaired) electrons. The Morgan fingerprint density at radius 2 is 1.49 bits per heavy atom. The number of nitrogens with zero attached hydrogens (tertiary/aromatic N) is 1. The maximum absolute atomic E-state index is 14.6. The van der Waals surface area contributed by atoms with Crippen LogP contribution in [0.15, 0.2) is 54.6 Å². The summed E-state index contributed by atoms with van der Waals surface area (Å²) in [5, 5.41) is 11.3. The van der Waals surface area contributed by atoms with Gasteiger partial charge in [-0.15, -0.1) is 0 Å². The number of carbonyl (C=O) groups is 1. The molecule has 10 heteroatoms. The Hall–Kier alpha value is -4.86. The number of allylic oxidation sites excluding steroid dienone is 2. The lowest BCUT2D eigenvalue weighted by molar-refractivity contribution is -0.385. The Kier molecular flexibility index (Phi) is 9.63. The number of halogens is 1. The highest BCUT2D eigenvalue weighted by atomic mass is 19.1. The fourth-order valence-electron chi connectivity index (χ4n) is 3.86. The van der Waals surface area contributed by atoms with Crippen LogP contribution in [0.1, 0.15) is 27.0 Å². The summed E-state index contributed by atoms with van der Waals surface area (Å²) < 4.78 is 40.8. The smallest absolute Gasteiger partial charge is 0.311 e. The third-order valence-corrected chi connectivity index (χ3v) is 5.82. The quantitative estimate of drug-likeness (QED) is 0.0920. The standard InChI is InChI=1S/C29H28FNO8/c1-35-25-12-11-21(16-23(25)31(33)34)24(32)8-6-7-19-17-26(36-2)22(30)15-20(19)10-9-18-13-27(37-3)29(39-5)28(14-18)38-4/h6,8-17H,7H2,1-5H3/b8-6-,10-9-. The molecule has 3 aromatic carbocycles. The molecule has 0 saturated carbocycles. The Morgan fingerprint density at radius 3 is 2.05 bits per heavy atom. The van der Waals surface area contributed by atoms with Gasteiger partial charge in [0.25, 0.3) is 0 Å². The zero-order valence-corrected chi connectivity index (χ0v) is 22.1. The first-order chi connectivity index (χ1) is 18.8. The van der Waals surface area contributed by atoms with Gasteiger partial charge in [0.05, 0.1) is 40.5 Å². The molecule has 0 heterocycles. The second kappa shape index (κ2) is 13.1. The third-order valence-electron chi connectivity index (χ3n) is 5.82. The molecule has 0 saturated heterocycles. The Bertz CT molecular complexity index is 1410. The molecule has 39 heavy (non-hydrogen) atoms. The van der Waals surface area contributed by atoms with Crippen LogP contribution in [0.25, 0.3) is 12.2 Å². The van der Waals surface area contributed by atoms with Gasteiger partial charge >= 0.3 is 5.69 Å². The van der Waals surface area contributed by atoms with Crippen molar-refractivity contribution >= 4 is 23.6 Å². The molecule has 0 N–H and O–H groups in total. The lowest BCUT2D eigenvalue weighted by Gasteiger charge is -2.13. The number of nitro benzene ring substituents is 1. The van der Waals surface area contributed by atoms with Crippen molar-refractivity contribution in [2.45, 2.75) is 6.42 Å². The van der Waals surface area contributed by atoms with Gasteiger partial charge in [-0.2, -0.15) is 0 Å². The molecule has 0 aliphatic heterocycles. The number of methoxy groups -OCH3 is 5. The lowest BCUT2D eigenvalue weighted by Crippen LogP contribution is -2.00. The van der Waals surface area contributed by atoms with Gasteiger partial charge in [0, 0.05) is 11.6 Å². The first kappa shape index (κ1) is 28.7. The van der Waals surface area contributed by atoms with Crippen LogP contribution in [-0.2, 0) is 6.42 Å². The van der Waals surface area contributed by atoms with E-state index in [1.165, 1.54) is 59.8 Å². The molecule has 0 aromatic heterocycles. The summed E-state index contributed by atoms with van der Waals surface area (Å²) >= 11 is 0. The van der Waals surface area contributed by atoms with Crippen molar-refractivity contribution in [2.24, 2.45) is 0 Å². The number of hydrogen-bond donors (Lipinski definition) is 0. The number of ketones is 1. The Balaban J connectivity index is 1.90. The first-order valence-electron chi connectivity index (χ1n) is 11.6. The zero-order chi connectivity index (χ0) is 28.5. The minimum atomic E-state index is -0.614. The molecule has 3 rings (SSSR count). The van der Waals surface area contributed by atoms with Gasteiger partial charge < -0.3 is 23.7 Å². The topological polar surface area (TPSA) is 106 Å². The normalized spacial score (nSPS) is 11.0. The average Bonchev–Trinajstić information content (AvgIpc) is 2.95. The largest absolute Gasteiger partial charge is 0.494 e. The van der Waals surface area contributed by atoms with Gasteiger partial charge in [-0.1, -0.05) is 18.2 Å². The van der Waals surface area contributed by atoms with E-state index in [1.807, 2.05) is 0 Å². The van der Waals surface area contributed by atoms with E-state index in [2.05, 4.69) is 0 Å². The summed E-state index contributed by atoms with van der Waals surface area (Å²) in [6.07, 6.45) is 6.66. The number of carbonyl (C=O) groups excluding carboxylic acids is 1. The molecule has 3 aromatic rings. The number of rotatable bonds is 12. The average molecular weight is 538 g/mol. The van der Waals surface area contributed by atoms with Crippen LogP contribution >= 0.6 is 0 Å². The minimum absolute atomic E-state index is 0.0560. The van der Waals surface area contributed by atoms with E-state index in [1.54, 1.807) is 36.4 Å². The molecular weight excluding hydrogens is 509 g/mol. The molecule has 0 bridgehead atoms. The first-order valence-corrected chi connectivity index (χ1v) is 11.6. The van der Waals surface area contributed by atoms with E-state index in [4.69, 9.17) is 23.7 Å². The van der Waals surface area contributed by atoms with Gasteiger partial charge in [0.1, 0.15) is 0 Å². The predicted octanol–water partition coefficient (Wildman–Crippen LogP) is 5.93. The van der Waals surface area contributed by atoms with Crippen molar-refractivity contribution in [1.82, 2.24) is 0 Å². The van der Waals surface area contributed by atoms with E-state index < -0.39 is 16.5 Å². The third kappa shape index (κ3) is 6.72. The van der Waals surface area contributed by atoms with E-state index in [9.17, 15) is 19.3 Å². The monoisotopic (exact) mass is 537 g/mol. The van der Waals surface area contributed by atoms with Crippen molar-refractivity contribution in [3.05, 3.63) is 92.8 Å². The molecule has 204 valence electrons. The summed E-state index contributed by atoms with van der Waals surface area (Å²) in [5.41, 5.74) is 1.79. The van der Waals surface area contributed by atoms with Gasteiger partial charge in [0.2, 0.25) is 5.75 Å². The predicted molar refractivity (Wildman–Crippen MR) is 145 cm³/mol. The molecule has 0 aliphatic carbocycles. The molecule has 9 nitrogen and oxygen atoms in total. The molecule has 0 aliphatic rings. The number of nitro groups is 1. The van der Waals surface area contributed by atoms with Crippen LogP contribution in [0.3, 0.4) is 0 Å². The highest BCUT2D eigenvalue weighted by Crippen LogP contribution is 2.39. The van der Waals surface area contributed by atoms with Crippen molar-refractivity contribution in [3.63, 3.8) is 0 Å². The van der Waals surface area contributed by atoms with Crippen LogP contribution in [0, 0.1) is 15.9 Å². The van der Waals surface area contributed by atoms with E-state index in [-0.39, 0.29) is 29.2 Å². The van der Waals surface area contributed by atoms with E-state index in [0.29, 0.717) is 28.4 Å². The van der Waals surface area contributed by atoms with Gasteiger partial charge in [-0.05, 0) is 65.6 Å².